The van der Waals surface area contributed by atoms with Gasteiger partial charge in [-0.15, -0.1) is 0 Å². The largest absolute Gasteiger partial charge is 0.355 e. The number of carbonyl (C=O) groups excluding carboxylic acids is 3. The summed E-state index contributed by atoms with van der Waals surface area (Å²) in [7, 11) is 0. The van der Waals surface area contributed by atoms with Gasteiger partial charge in [0.15, 0.2) is 0 Å². The quantitative estimate of drug-likeness (QED) is 0.727. The summed E-state index contributed by atoms with van der Waals surface area (Å²) in [5.74, 6) is 0.302. The first kappa shape index (κ1) is 18.2. The highest BCUT2D eigenvalue weighted by Gasteiger charge is 2.38. The molecule has 0 aromatic carbocycles. The maximum Gasteiger partial charge on any atom is 0.227 e. The fraction of sp³-hybridized carbons (Fsp3) is 0.833. The molecule has 3 N–H and O–H groups in total. The summed E-state index contributed by atoms with van der Waals surface area (Å²) >= 11 is 0. The van der Waals surface area contributed by atoms with E-state index >= 15 is 0 Å². The van der Waals surface area contributed by atoms with E-state index in [4.69, 9.17) is 5.73 Å². The minimum atomic E-state index is -0.142. The molecule has 0 aromatic rings. The van der Waals surface area contributed by atoms with Crippen molar-refractivity contribution in [2.45, 2.75) is 38.5 Å². The monoisotopic (exact) mass is 350 g/mol. The molecule has 2 heterocycles. The van der Waals surface area contributed by atoms with Gasteiger partial charge < -0.3 is 20.9 Å². The summed E-state index contributed by atoms with van der Waals surface area (Å²) in [6, 6.07) is 0. The van der Waals surface area contributed by atoms with Crippen molar-refractivity contribution in [2.24, 2.45) is 23.5 Å². The second kappa shape index (κ2) is 8.17. The summed E-state index contributed by atoms with van der Waals surface area (Å²) in [5, 5.41) is 2.83. The van der Waals surface area contributed by atoms with E-state index in [2.05, 4.69) is 5.32 Å². The lowest BCUT2D eigenvalue weighted by Crippen LogP contribution is -2.51. The van der Waals surface area contributed by atoms with E-state index in [1.165, 1.54) is 0 Å². The molecule has 7 nitrogen and oxygen atoms in total. The van der Waals surface area contributed by atoms with Crippen LogP contribution in [0.15, 0.2) is 0 Å². The molecule has 2 aliphatic heterocycles. The van der Waals surface area contributed by atoms with E-state index in [1.54, 1.807) is 0 Å². The Hall–Kier alpha value is -1.63. The minimum absolute atomic E-state index is 0.00266. The summed E-state index contributed by atoms with van der Waals surface area (Å²) in [4.78, 5) is 41.1. The van der Waals surface area contributed by atoms with Crippen molar-refractivity contribution in [1.82, 2.24) is 15.1 Å². The van der Waals surface area contributed by atoms with Crippen LogP contribution in [-0.4, -0.2) is 66.8 Å². The van der Waals surface area contributed by atoms with Crippen molar-refractivity contribution in [3.8, 4) is 0 Å². The molecule has 2 unspecified atom stereocenters. The molecule has 3 fully saturated rings. The van der Waals surface area contributed by atoms with Gasteiger partial charge in [0.05, 0.1) is 11.8 Å². The first-order chi connectivity index (χ1) is 12.1. The van der Waals surface area contributed by atoms with E-state index in [0.717, 1.165) is 45.1 Å². The van der Waals surface area contributed by atoms with E-state index in [0.29, 0.717) is 32.7 Å². The van der Waals surface area contributed by atoms with Gasteiger partial charge in [-0.25, -0.2) is 0 Å². The highest BCUT2D eigenvalue weighted by Crippen LogP contribution is 2.33. The zero-order chi connectivity index (χ0) is 17.8. The highest BCUT2D eigenvalue weighted by molar-refractivity contribution is 5.84. The van der Waals surface area contributed by atoms with Crippen molar-refractivity contribution in [3.05, 3.63) is 0 Å². The predicted molar refractivity (Wildman–Crippen MR) is 93.4 cm³/mol. The first-order valence-electron chi connectivity index (χ1n) is 9.65. The number of hydrogen-bond acceptors (Lipinski definition) is 4. The second-order valence-corrected chi connectivity index (χ2v) is 7.60. The number of rotatable bonds is 5. The summed E-state index contributed by atoms with van der Waals surface area (Å²) < 4.78 is 0. The molecule has 3 amide bonds. The van der Waals surface area contributed by atoms with Crippen LogP contribution in [0, 0.1) is 17.8 Å². The minimum Gasteiger partial charge on any atom is -0.355 e. The van der Waals surface area contributed by atoms with Crippen LogP contribution < -0.4 is 11.1 Å². The average molecular weight is 350 g/mol. The van der Waals surface area contributed by atoms with Gasteiger partial charge in [0.2, 0.25) is 17.7 Å². The number of carbonyl (C=O) groups is 3. The normalized spacial score (nSPS) is 27.1. The number of nitrogens with two attached hydrogens (primary N) is 1. The molecule has 25 heavy (non-hydrogen) atoms. The molecule has 1 saturated carbocycles. The second-order valence-electron chi connectivity index (χ2n) is 7.60. The third kappa shape index (κ3) is 4.51. The molecule has 3 aliphatic rings. The Labute approximate surface area is 149 Å². The van der Waals surface area contributed by atoms with Crippen molar-refractivity contribution in [3.63, 3.8) is 0 Å². The van der Waals surface area contributed by atoms with E-state index in [9.17, 15) is 14.4 Å². The van der Waals surface area contributed by atoms with Gasteiger partial charge in [0.1, 0.15) is 0 Å². The Morgan fingerprint density at radius 2 is 1.40 bits per heavy atom. The van der Waals surface area contributed by atoms with Crippen molar-refractivity contribution in [2.75, 3.05) is 39.3 Å². The van der Waals surface area contributed by atoms with Crippen LogP contribution in [0.3, 0.4) is 0 Å². The molecule has 0 aromatic heterocycles. The average Bonchev–Trinajstić information content (AvgIpc) is 3.50. The van der Waals surface area contributed by atoms with Crippen LogP contribution in [0.1, 0.15) is 38.5 Å². The lowest BCUT2D eigenvalue weighted by atomic mass is 9.92. The van der Waals surface area contributed by atoms with Crippen LogP contribution in [0.25, 0.3) is 0 Å². The van der Waals surface area contributed by atoms with Crippen molar-refractivity contribution >= 4 is 17.7 Å². The number of amides is 3. The zero-order valence-electron chi connectivity index (χ0n) is 14.9. The molecule has 0 spiro atoms. The van der Waals surface area contributed by atoms with Gasteiger partial charge in [-0.3, -0.25) is 14.4 Å². The molecular formula is C18H30N4O3. The topological polar surface area (TPSA) is 95.7 Å². The molecule has 1 aliphatic carbocycles. The van der Waals surface area contributed by atoms with Gasteiger partial charge >= 0.3 is 0 Å². The van der Waals surface area contributed by atoms with Gasteiger partial charge in [-0.1, -0.05) is 0 Å². The Kier molecular flexibility index (Phi) is 5.93. The lowest BCUT2D eigenvalue weighted by Gasteiger charge is -2.38. The first-order valence-corrected chi connectivity index (χ1v) is 9.65. The molecule has 0 radical (unpaired) electrons. The lowest BCUT2D eigenvalue weighted by molar-refractivity contribution is -0.143. The Bertz CT molecular complexity index is 520. The third-order valence-electron chi connectivity index (χ3n) is 5.56. The van der Waals surface area contributed by atoms with Crippen LogP contribution in [-0.2, 0) is 14.4 Å². The summed E-state index contributed by atoms with van der Waals surface area (Å²) in [5.41, 5.74) is 5.43. The van der Waals surface area contributed by atoms with Crippen molar-refractivity contribution in [1.29, 1.82) is 0 Å². The fourth-order valence-electron chi connectivity index (χ4n) is 3.96. The SMILES string of the molecule is NCCNC(=O)C1CCCN(C(=O)C2CCCN(C(=O)C3CC3)C2)C1. The smallest absolute Gasteiger partial charge is 0.227 e. The standard InChI is InChI=1S/C18H30N4O3/c19-7-8-20-16(23)14-3-1-9-21(11-14)18(25)15-4-2-10-22(12-15)17(24)13-5-6-13/h13-15H,1-12,19H2,(H,20,23). The molecule has 2 saturated heterocycles. The highest BCUT2D eigenvalue weighted by atomic mass is 16.2. The van der Waals surface area contributed by atoms with Gasteiger partial charge in [0, 0.05) is 45.2 Å². The number of piperidine rings is 2. The Balaban J connectivity index is 1.54. The maximum atomic E-state index is 12.9. The fourth-order valence-corrected chi connectivity index (χ4v) is 3.96. The summed E-state index contributed by atoms with van der Waals surface area (Å²) in [6.45, 7) is 3.44. The zero-order valence-corrected chi connectivity index (χ0v) is 14.9. The Morgan fingerprint density at radius 3 is 2.00 bits per heavy atom. The number of nitrogens with one attached hydrogen (secondary N) is 1. The predicted octanol–water partition coefficient (Wildman–Crippen LogP) is -0.0515. The van der Waals surface area contributed by atoms with Gasteiger partial charge in [-0.05, 0) is 38.5 Å². The van der Waals surface area contributed by atoms with Gasteiger partial charge in [0.25, 0.3) is 0 Å². The van der Waals surface area contributed by atoms with Gasteiger partial charge in [-0.2, -0.15) is 0 Å². The molecule has 0 bridgehead atoms. The van der Waals surface area contributed by atoms with Crippen LogP contribution in [0.5, 0.6) is 0 Å². The molecule has 7 heteroatoms. The van der Waals surface area contributed by atoms with E-state index in [-0.39, 0.29) is 35.5 Å². The van der Waals surface area contributed by atoms with Crippen LogP contribution >= 0.6 is 0 Å². The maximum absolute atomic E-state index is 12.9. The number of nitrogens with zero attached hydrogens (tertiary/aromatic N) is 2. The number of hydrogen-bond donors (Lipinski definition) is 2. The van der Waals surface area contributed by atoms with Crippen molar-refractivity contribution < 1.29 is 14.4 Å². The summed E-state index contributed by atoms with van der Waals surface area (Å²) in [6.07, 6.45) is 5.40. The van der Waals surface area contributed by atoms with E-state index < -0.39 is 0 Å². The molecule has 140 valence electrons. The Morgan fingerprint density at radius 1 is 0.840 bits per heavy atom. The molecule has 2 atom stereocenters. The number of likely N-dealkylation sites (tertiary alicyclic amines) is 2. The van der Waals surface area contributed by atoms with Crippen LogP contribution in [0.2, 0.25) is 0 Å². The third-order valence-corrected chi connectivity index (χ3v) is 5.56. The van der Waals surface area contributed by atoms with E-state index in [1.807, 2.05) is 9.80 Å². The molecule has 3 rings (SSSR count). The molecular weight excluding hydrogens is 320 g/mol. The van der Waals surface area contributed by atoms with Crippen LogP contribution in [0.4, 0.5) is 0 Å².